The van der Waals surface area contributed by atoms with E-state index in [2.05, 4.69) is 36.9 Å². The molecule has 0 aliphatic carbocycles. The summed E-state index contributed by atoms with van der Waals surface area (Å²) in [5, 5.41) is 8.77. The van der Waals surface area contributed by atoms with Crippen LogP contribution in [0.3, 0.4) is 0 Å². The fraction of sp³-hybridized carbons (Fsp3) is 0.167. The van der Waals surface area contributed by atoms with Crippen molar-refractivity contribution < 1.29 is 9.90 Å². The first kappa shape index (κ1) is 14.1. The van der Waals surface area contributed by atoms with Crippen molar-refractivity contribution in [3.63, 3.8) is 0 Å². The molecule has 0 aliphatic rings. The Morgan fingerprint density at radius 2 is 1.70 bits per heavy atom. The lowest BCUT2D eigenvalue weighted by Gasteiger charge is -2.06. The number of benzene rings is 2. The summed E-state index contributed by atoms with van der Waals surface area (Å²) in [4.78, 5) is 10.7. The van der Waals surface area contributed by atoms with Crippen LogP contribution in [0.1, 0.15) is 18.4 Å². The molecule has 2 aromatic carbocycles. The smallest absolute Gasteiger partial charge is 0.330 e. The maximum Gasteiger partial charge on any atom is 0.330 e. The number of carboxylic acids is 1. The molecule has 0 spiro atoms. The first-order valence-corrected chi connectivity index (χ1v) is 6.72. The molecule has 0 aromatic heterocycles. The summed E-state index contributed by atoms with van der Waals surface area (Å²) < 4.78 is 0. The zero-order chi connectivity index (χ0) is 14.4. The van der Waals surface area contributed by atoms with Crippen LogP contribution >= 0.6 is 0 Å². The lowest BCUT2D eigenvalue weighted by atomic mass is 9.99. The number of aryl methyl sites for hydroxylation is 1. The number of hydrogen-bond acceptors (Lipinski definition) is 1. The average Bonchev–Trinajstić information content (AvgIpc) is 2.48. The van der Waals surface area contributed by atoms with E-state index in [0.717, 1.165) is 12.8 Å². The van der Waals surface area contributed by atoms with Gasteiger partial charge >= 0.3 is 5.97 Å². The normalized spacial score (nSPS) is 10.2. The first-order chi connectivity index (χ1) is 9.66. The average molecular weight is 266 g/mol. The van der Waals surface area contributed by atoms with E-state index in [0.29, 0.717) is 6.42 Å². The van der Waals surface area contributed by atoms with Crippen molar-refractivity contribution in [2.24, 2.45) is 0 Å². The highest BCUT2D eigenvalue weighted by molar-refractivity contribution is 5.85. The molecule has 0 fully saturated rings. The maximum absolute atomic E-state index is 10.7. The highest BCUT2D eigenvalue weighted by atomic mass is 16.4. The molecule has 0 aliphatic heterocycles. The second-order valence-electron chi connectivity index (χ2n) is 4.83. The predicted molar refractivity (Wildman–Crippen MR) is 81.6 cm³/mol. The van der Waals surface area contributed by atoms with Crippen LogP contribution in [0.15, 0.2) is 66.7 Å². The van der Waals surface area contributed by atoms with Crippen molar-refractivity contribution in [2.45, 2.75) is 19.3 Å². The molecule has 20 heavy (non-hydrogen) atoms. The number of carbonyl (C=O) groups is 1. The van der Waals surface area contributed by atoms with Crippen molar-refractivity contribution >= 4 is 5.97 Å². The zero-order valence-electron chi connectivity index (χ0n) is 11.4. The first-order valence-electron chi connectivity index (χ1n) is 6.72. The van der Waals surface area contributed by atoms with E-state index in [1.165, 1.54) is 16.7 Å². The number of aliphatic carboxylic acids is 1. The standard InChI is InChI=1S/C18H18O2/c1-14(18(19)20)7-5-8-15-9-6-12-17(13-15)16-10-3-2-4-11-16/h2-4,6,9-13H,1,5,7-8H2,(H,19,20). The Balaban J connectivity index is 2.00. The van der Waals surface area contributed by atoms with Gasteiger partial charge in [-0.2, -0.15) is 0 Å². The Bertz CT molecular complexity index is 600. The van der Waals surface area contributed by atoms with Gasteiger partial charge in [0.2, 0.25) is 0 Å². The lowest BCUT2D eigenvalue weighted by molar-refractivity contribution is -0.132. The molecule has 0 heterocycles. The van der Waals surface area contributed by atoms with Gasteiger partial charge in [0.05, 0.1) is 0 Å². The summed E-state index contributed by atoms with van der Waals surface area (Å²) in [5.74, 6) is -0.900. The molecular formula is C18H18O2. The van der Waals surface area contributed by atoms with Gasteiger partial charge in [-0.1, -0.05) is 61.2 Å². The molecule has 1 N–H and O–H groups in total. The number of rotatable bonds is 6. The zero-order valence-corrected chi connectivity index (χ0v) is 11.4. The van der Waals surface area contributed by atoms with Crippen LogP contribution in [-0.4, -0.2) is 11.1 Å². The van der Waals surface area contributed by atoms with E-state index < -0.39 is 5.97 Å². The van der Waals surface area contributed by atoms with Gasteiger partial charge in [0, 0.05) is 5.57 Å². The van der Waals surface area contributed by atoms with E-state index in [1.54, 1.807) is 0 Å². The Kier molecular flexibility index (Phi) is 4.72. The number of carboxylic acid groups (broad SMARTS) is 1. The van der Waals surface area contributed by atoms with E-state index in [4.69, 9.17) is 5.11 Å². The van der Waals surface area contributed by atoms with E-state index in [9.17, 15) is 4.79 Å². The highest BCUT2D eigenvalue weighted by Gasteiger charge is 2.04. The second-order valence-corrected chi connectivity index (χ2v) is 4.83. The van der Waals surface area contributed by atoms with Gasteiger partial charge in [0.15, 0.2) is 0 Å². The molecule has 0 radical (unpaired) electrons. The van der Waals surface area contributed by atoms with Crippen molar-refractivity contribution in [1.82, 2.24) is 0 Å². The van der Waals surface area contributed by atoms with Gasteiger partial charge < -0.3 is 5.11 Å². The highest BCUT2D eigenvalue weighted by Crippen LogP contribution is 2.21. The van der Waals surface area contributed by atoms with Gasteiger partial charge in [-0.15, -0.1) is 0 Å². The predicted octanol–water partition coefficient (Wildman–Crippen LogP) is 4.32. The summed E-state index contributed by atoms with van der Waals surface area (Å²) in [6.07, 6.45) is 2.21. The van der Waals surface area contributed by atoms with E-state index in [-0.39, 0.29) is 5.57 Å². The third-order valence-electron chi connectivity index (χ3n) is 3.28. The van der Waals surface area contributed by atoms with Crippen LogP contribution in [0.2, 0.25) is 0 Å². The van der Waals surface area contributed by atoms with Crippen molar-refractivity contribution in [2.75, 3.05) is 0 Å². The van der Waals surface area contributed by atoms with Crippen LogP contribution in [-0.2, 0) is 11.2 Å². The van der Waals surface area contributed by atoms with E-state index in [1.807, 2.05) is 24.3 Å². The van der Waals surface area contributed by atoms with Crippen molar-refractivity contribution in [1.29, 1.82) is 0 Å². The third-order valence-corrected chi connectivity index (χ3v) is 3.28. The molecule has 0 amide bonds. The van der Waals surface area contributed by atoms with E-state index >= 15 is 0 Å². The monoisotopic (exact) mass is 266 g/mol. The van der Waals surface area contributed by atoms with Crippen LogP contribution < -0.4 is 0 Å². The molecule has 2 aromatic rings. The maximum atomic E-state index is 10.7. The summed E-state index contributed by atoms with van der Waals surface area (Å²) in [7, 11) is 0. The Morgan fingerprint density at radius 3 is 2.40 bits per heavy atom. The molecule has 0 saturated carbocycles. The molecule has 2 nitrogen and oxygen atoms in total. The summed E-state index contributed by atoms with van der Waals surface area (Å²) >= 11 is 0. The minimum atomic E-state index is -0.900. The van der Waals surface area contributed by atoms with Gasteiger partial charge in [0.1, 0.15) is 0 Å². The second kappa shape index (κ2) is 6.71. The largest absolute Gasteiger partial charge is 0.478 e. The van der Waals surface area contributed by atoms with Crippen LogP contribution in [0.5, 0.6) is 0 Å². The van der Waals surface area contributed by atoms with Crippen LogP contribution in [0.4, 0.5) is 0 Å². The Morgan fingerprint density at radius 1 is 1.00 bits per heavy atom. The summed E-state index contributed by atoms with van der Waals surface area (Å²) in [5.41, 5.74) is 3.90. The van der Waals surface area contributed by atoms with Crippen LogP contribution in [0, 0.1) is 0 Å². The Labute approximate surface area is 119 Å². The minimum Gasteiger partial charge on any atom is -0.478 e. The molecule has 2 rings (SSSR count). The molecule has 0 unspecified atom stereocenters. The van der Waals surface area contributed by atoms with Gasteiger partial charge in [-0.3, -0.25) is 0 Å². The fourth-order valence-electron chi connectivity index (χ4n) is 2.15. The molecule has 0 bridgehead atoms. The third kappa shape index (κ3) is 3.82. The summed E-state index contributed by atoms with van der Waals surface area (Å²) in [6, 6.07) is 18.6. The molecule has 0 atom stereocenters. The molecule has 102 valence electrons. The van der Waals surface area contributed by atoms with Gasteiger partial charge in [0.25, 0.3) is 0 Å². The SMILES string of the molecule is C=C(CCCc1cccc(-c2ccccc2)c1)C(=O)O. The van der Waals surface area contributed by atoms with Crippen LogP contribution in [0.25, 0.3) is 11.1 Å². The molecule has 2 heteroatoms. The summed E-state index contributed by atoms with van der Waals surface area (Å²) in [6.45, 7) is 3.55. The Hall–Kier alpha value is -2.35. The lowest BCUT2D eigenvalue weighted by Crippen LogP contribution is -1.99. The molecule has 0 saturated heterocycles. The molecular weight excluding hydrogens is 248 g/mol. The number of hydrogen-bond donors (Lipinski definition) is 1. The van der Waals surface area contributed by atoms with Gasteiger partial charge in [-0.05, 0) is 36.0 Å². The minimum absolute atomic E-state index is 0.282. The quantitative estimate of drug-likeness (QED) is 0.791. The fourth-order valence-corrected chi connectivity index (χ4v) is 2.15. The van der Waals surface area contributed by atoms with Gasteiger partial charge in [-0.25, -0.2) is 4.79 Å². The topological polar surface area (TPSA) is 37.3 Å². The van der Waals surface area contributed by atoms with Crippen molar-refractivity contribution in [3.8, 4) is 11.1 Å². The van der Waals surface area contributed by atoms with Crippen molar-refractivity contribution in [3.05, 3.63) is 72.3 Å².